The van der Waals surface area contributed by atoms with Crippen molar-refractivity contribution in [3.8, 4) is 0 Å². The lowest BCUT2D eigenvalue weighted by Gasteiger charge is -2.34. The van der Waals surface area contributed by atoms with Crippen LogP contribution >= 0.6 is 0 Å². The summed E-state index contributed by atoms with van der Waals surface area (Å²) in [6, 6.07) is 2.28. The SMILES string of the molecule is CC(C)C1CC(C)C(C)N1C(C)C. The van der Waals surface area contributed by atoms with E-state index in [0.717, 1.165) is 23.9 Å². The van der Waals surface area contributed by atoms with Crippen LogP contribution in [-0.4, -0.2) is 23.0 Å². The second-order valence-electron chi connectivity index (χ2n) is 5.31. The van der Waals surface area contributed by atoms with Gasteiger partial charge in [-0.1, -0.05) is 20.8 Å². The van der Waals surface area contributed by atoms with Gasteiger partial charge >= 0.3 is 0 Å². The molecule has 78 valence electrons. The van der Waals surface area contributed by atoms with E-state index in [2.05, 4.69) is 46.4 Å². The summed E-state index contributed by atoms with van der Waals surface area (Å²) >= 11 is 0. The zero-order chi connectivity index (χ0) is 10.2. The number of likely N-dealkylation sites (tertiary alicyclic amines) is 1. The van der Waals surface area contributed by atoms with E-state index in [4.69, 9.17) is 0 Å². The molecule has 0 saturated carbocycles. The molecule has 0 N–H and O–H groups in total. The molecule has 1 saturated heterocycles. The lowest BCUT2D eigenvalue weighted by molar-refractivity contribution is 0.122. The van der Waals surface area contributed by atoms with Crippen molar-refractivity contribution >= 4 is 0 Å². The molecule has 13 heavy (non-hydrogen) atoms. The molecule has 3 unspecified atom stereocenters. The number of hydrogen-bond donors (Lipinski definition) is 0. The van der Waals surface area contributed by atoms with Gasteiger partial charge in [-0.2, -0.15) is 0 Å². The molecule has 1 aliphatic rings. The van der Waals surface area contributed by atoms with E-state index < -0.39 is 0 Å². The fraction of sp³-hybridized carbons (Fsp3) is 1.00. The number of rotatable bonds is 2. The Kier molecular flexibility index (Phi) is 3.39. The lowest BCUT2D eigenvalue weighted by Crippen LogP contribution is -2.43. The fourth-order valence-electron chi connectivity index (χ4n) is 2.77. The van der Waals surface area contributed by atoms with E-state index in [9.17, 15) is 0 Å². The third kappa shape index (κ3) is 2.07. The molecule has 1 nitrogen and oxygen atoms in total. The second kappa shape index (κ2) is 4.00. The monoisotopic (exact) mass is 183 g/mol. The van der Waals surface area contributed by atoms with Crippen LogP contribution in [0.1, 0.15) is 48.0 Å². The molecule has 0 aromatic carbocycles. The maximum Gasteiger partial charge on any atom is 0.0127 e. The summed E-state index contributed by atoms with van der Waals surface area (Å²) in [5.74, 6) is 1.67. The molecular weight excluding hydrogens is 158 g/mol. The topological polar surface area (TPSA) is 3.24 Å². The van der Waals surface area contributed by atoms with Gasteiger partial charge in [-0.3, -0.25) is 4.90 Å². The van der Waals surface area contributed by atoms with E-state index in [1.807, 2.05) is 0 Å². The Labute approximate surface area is 83.5 Å². The van der Waals surface area contributed by atoms with Crippen LogP contribution in [0.5, 0.6) is 0 Å². The molecule has 0 aromatic rings. The first-order valence-corrected chi connectivity index (χ1v) is 5.72. The predicted molar refractivity (Wildman–Crippen MR) is 58.8 cm³/mol. The molecule has 0 radical (unpaired) electrons. The Morgan fingerprint density at radius 2 is 1.62 bits per heavy atom. The van der Waals surface area contributed by atoms with Gasteiger partial charge in [0.25, 0.3) is 0 Å². The van der Waals surface area contributed by atoms with E-state index in [1.165, 1.54) is 6.42 Å². The van der Waals surface area contributed by atoms with E-state index in [-0.39, 0.29) is 0 Å². The summed E-state index contributed by atoms with van der Waals surface area (Å²) < 4.78 is 0. The smallest absolute Gasteiger partial charge is 0.0127 e. The largest absolute Gasteiger partial charge is 0.295 e. The van der Waals surface area contributed by atoms with Gasteiger partial charge in [-0.05, 0) is 39.0 Å². The zero-order valence-electron chi connectivity index (χ0n) is 10.0. The number of nitrogens with zero attached hydrogens (tertiary/aromatic N) is 1. The molecular formula is C12H25N. The minimum atomic E-state index is 0.701. The molecule has 1 heterocycles. The van der Waals surface area contributed by atoms with Crippen LogP contribution in [0.4, 0.5) is 0 Å². The molecule has 0 aliphatic carbocycles. The third-order valence-electron chi connectivity index (χ3n) is 3.66. The van der Waals surface area contributed by atoms with Crippen LogP contribution in [0.3, 0.4) is 0 Å². The van der Waals surface area contributed by atoms with Crippen molar-refractivity contribution in [3.63, 3.8) is 0 Å². The molecule has 0 spiro atoms. The Morgan fingerprint density at radius 1 is 1.08 bits per heavy atom. The Bertz CT molecular complexity index is 163. The molecule has 1 aliphatic heterocycles. The second-order valence-corrected chi connectivity index (χ2v) is 5.31. The van der Waals surface area contributed by atoms with Crippen molar-refractivity contribution in [2.75, 3.05) is 0 Å². The van der Waals surface area contributed by atoms with Crippen LogP contribution in [-0.2, 0) is 0 Å². The molecule has 0 amide bonds. The van der Waals surface area contributed by atoms with Crippen LogP contribution in [0, 0.1) is 11.8 Å². The van der Waals surface area contributed by atoms with Crippen molar-refractivity contribution in [3.05, 3.63) is 0 Å². The molecule has 1 fully saturated rings. The molecule has 0 bridgehead atoms. The summed E-state index contributed by atoms with van der Waals surface area (Å²) in [6.45, 7) is 14.1. The summed E-state index contributed by atoms with van der Waals surface area (Å²) in [5, 5.41) is 0. The van der Waals surface area contributed by atoms with Crippen molar-refractivity contribution in [1.82, 2.24) is 4.90 Å². The summed E-state index contributed by atoms with van der Waals surface area (Å²) in [7, 11) is 0. The summed E-state index contributed by atoms with van der Waals surface area (Å²) in [4.78, 5) is 2.70. The normalized spacial score (nSPS) is 36.5. The first-order valence-electron chi connectivity index (χ1n) is 5.72. The highest BCUT2D eigenvalue weighted by molar-refractivity contribution is 4.92. The Balaban J connectivity index is 2.74. The Morgan fingerprint density at radius 3 is 1.92 bits per heavy atom. The maximum absolute atomic E-state index is 2.70. The van der Waals surface area contributed by atoms with E-state index in [1.54, 1.807) is 0 Å². The predicted octanol–water partition coefficient (Wildman–Crippen LogP) is 3.15. The van der Waals surface area contributed by atoms with Crippen molar-refractivity contribution in [2.24, 2.45) is 11.8 Å². The van der Waals surface area contributed by atoms with Crippen LogP contribution in [0.15, 0.2) is 0 Å². The average Bonchev–Trinajstić information content (AvgIpc) is 2.28. The van der Waals surface area contributed by atoms with Crippen molar-refractivity contribution < 1.29 is 0 Å². The maximum atomic E-state index is 2.70. The number of hydrogen-bond acceptors (Lipinski definition) is 1. The van der Waals surface area contributed by atoms with Crippen molar-refractivity contribution in [2.45, 2.75) is 66.1 Å². The van der Waals surface area contributed by atoms with E-state index >= 15 is 0 Å². The Hall–Kier alpha value is -0.0400. The molecule has 1 heteroatoms. The molecule has 3 atom stereocenters. The van der Waals surface area contributed by atoms with Gasteiger partial charge in [-0.25, -0.2) is 0 Å². The fourth-order valence-corrected chi connectivity index (χ4v) is 2.77. The van der Waals surface area contributed by atoms with Gasteiger partial charge in [0.15, 0.2) is 0 Å². The quantitative estimate of drug-likeness (QED) is 0.635. The first-order chi connectivity index (χ1) is 5.95. The molecule has 1 rings (SSSR count). The highest BCUT2D eigenvalue weighted by Gasteiger charge is 2.38. The highest BCUT2D eigenvalue weighted by atomic mass is 15.2. The highest BCUT2D eigenvalue weighted by Crippen LogP contribution is 2.34. The first kappa shape index (κ1) is 11.0. The van der Waals surface area contributed by atoms with Gasteiger partial charge in [0.2, 0.25) is 0 Å². The van der Waals surface area contributed by atoms with Gasteiger partial charge in [0.05, 0.1) is 0 Å². The van der Waals surface area contributed by atoms with Crippen LogP contribution in [0.2, 0.25) is 0 Å². The van der Waals surface area contributed by atoms with Gasteiger partial charge in [0.1, 0.15) is 0 Å². The summed E-state index contributed by atoms with van der Waals surface area (Å²) in [6.07, 6.45) is 1.39. The minimum absolute atomic E-state index is 0.701. The van der Waals surface area contributed by atoms with Crippen LogP contribution in [0.25, 0.3) is 0 Å². The zero-order valence-corrected chi connectivity index (χ0v) is 10.0. The van der Waals surface area contributed by atoms with Gasteiger partial charge in [-0.15, -0.1) is 0 Å². The van der Waals surface area contributed by atoms with Gasteiger partial charge < -0.3 is 0 Å². The third-order valence-corrected chi connectivity index (χ3v) is 3.66. The van der Waals surface area contributed by atoms with E-state index in [0.29, 0.717) is 6.04 Å². The van der Waals surface area contributed by atoms with Crippen molar-refractivity contribution in [1.29, 1.82) is 0 Å². The van der Waals surface area contributed by atoms with Crippen LogP contribution < -0.4 is 0 Å². The minimum Gasteiger partial charge on any atom is -0.295 e. The average molecular weight is 183 g/mol. The lowest BCUT2D eigenvalue weighted by atomic mass is 9.97. The molecule has 0 aromatic heterocycles. The van der Waals surface area contributed by atoms with Gasteiger partial charge in [0, 0.05) is 18.1 Å². The summed E-state index contributed by atoms with van der Waals surface area (Å²) in [5.41, 5.74) is 0. The standard InChI is InChI=1S/C12H25N/c1-8(2)12-7-10(5)11(6)13(12)9(3)4/h8-12H,7H2,1-6H3.